The van der Waals surface area contributed by atoms with Crippen LogP contribution in [0.3, 0.4) is 0 Å². The third-order valence-corrected chi connectivity index (χ3v) is 1.74. The molecule has 6 nitrogen and oxygen atoms in total. The largest absolute Gasteiger partial charge is 0.505 e. The topological polar surface area (TPSA) is 99.5 Å². The van der Waals surface area contributed by atoms with Crippen molar-refractivity contribution in [2.75, 3.05) is 6.54 Å². The van der Waals surface area contributed by atoms with Crippen molar-refractivity contribution < 1.29 is 19.8 Å². The molecule has 0 radical (unpaired) electrons. The highest BCUT2D eigenvalue weighted by Crippen LogP contribution is 2.18. The number of rotatable bonds is 3. The van der Waals surface area contributed by atoms with Gasteiger partial charge in [0.15, 0.2) is 5.69 Å². The molecule has 6 heteroatoms. The highest BCUT2D eigenvalue weighted by Gasteiger charge is 2.14. The van der Waals surface area contributed by atoms with Gasteiger partial charge in [0.2, 0.25) is 0 Å². The number of amides is 1. The van der Waals surface area contributed by atoms with E-state index in [2.05, 4.69) is 10.3 Å². The summed E-state index contributed by atoms with van der Waals surface area (Å²) in [6.07, 6.45) is 1.37. The lowest BCUT2D eigenvalue weighted by molar-refractivity contribution is -0.135. The Morgan fingerprint density at radius 3 is 2.53 bits per heavy atom. The number of aryl methyl sites for hydroxylation is 1. The van der Waals surface area contributed by atoms with Crippen LogP contribution in [0, 0.1) is 6.92 Å². The lowest BCUT2D eigenvalue weighted by Crippen LogP contribution is -2.29. The Labute approximate surface area is 99.3 Å². The number of aliphatic carboxylic acids is 1. The fourth-order valence-corrected chi connectivity index (χ4v) is 0.956. The van der Waals surface area contributed by atoms with Crippen molar-refractivity contribution >= 4 is 11.9 Å². The van der Waals surface area contributed by atoms with Crippen molar-refractivity contribution in [2.24, 2.45) is 0 Å². The summed E-state index contributed by atoms with van der Waals surface area (Å²) in [5.41, 5.74) is 0.335. The fourth-order valence-electron chi connectivity index (χ4n) is 0.956. The molecule has 94 valence electrons. The van der Waals surface area contributed by atoms with Gasteiger partial charge in [0.25, 0.3) is 5.91 Å². The molecule has 0 aromatic carbocycles. The van der Waals surface area contributed by atoms with Gasteiger partial charge in [-0.2, -0.15) is 0 Å². The number of carboxylic acid groups (broad SMARTS) is 1. The Morgan fingerprint density at radius 1 is 1.41 bits per heavy atom. The Morgan fingerprint density at radius 2 is 2.00 bits per heavy atom. The second kappa shape index (κ2) is 7.21. The van der Waals surface area contributed by atoms with Crippen LogP contribution in [0.5, 0.6) is 5.75 Å². The molecule has 1 rings (SSSR count). The first-order valence-electron chi connectivity index (χ1n) is 5.17. The van der Waals surface area contributed by atoms with Crippen molar-refractivity contribution in [1.82, 2.24) is 10.3 Å². The molecule has 1 aromatic rings. The Bertz CT molecular complexity index is 404. The van der Waals surface area contributed by atoms with Crippen LogP contribution in [0.15, 0.2) is 12.3 Å². The lowest BCUT2D eigenvalue weighted by Gasteiger charge is -2.05. The summed E-state index contributed by atoms with van der Waals surface area (Å²) in [6.45, 7) is 5.11. The minimum absolute atomic E-state index is 0.170. The molecule has 0 atom stereocenters. The molecule has 0 spiro atoms. The summed E-state index contributed by atoms with van der Waals surface area (Å²) in [7, 11) is 0. The number of hydrogen-bond donors (Lipinski definition) is 3. The van der Waals surface area contributed by atoms with E-state index in [-0.39, 0.29) is 11.4 Å². The van der Waals surface area contributed by atoms with Crippen molar-refractivity contribution in [3.63, 3.8) is 0 Å². The van der Waals surface area contributed by atoms with Crippen LogP contribution in [0.25, 0.3) is 0 Å². The van der Waals surface area contributed by atoms with Crippen LogP contribution in [0.2, 0.25) is 0 Å². The number of nitrogens with one attached hydrogen (secondary N) is 1. The Kier molecular flexibility index (Phi) is 6.32. The Hall–Kier alpha value is -2.11. The number of carboxylic acids is 1. The number of hydrogen-bond acceptors (Lipinski definition) is 4. The molecule has 0 unspecified atom stereocenters. The number of carbonyl (C=O) groups is 2. The van der Waals surface area contributed by atoms with E-state index in [0.717, 1.165) is 0 Å². The minimum Gasteiger partial charge on any atom is -0.505 e. The monoisotopic (exact) mass is 240 g/mol. The maximum Gasteiger partial charge on any atom is 0.322 e. The first kappa shape index (κ1) is 14.9. The van der Waals surface area contributed by atoms with Gasteiger partial charge >= 0.3 is 5.97 Å². The number of pyridine rings is 1. The molecule has 17 heavy (non-hydrogen) atoms. The van der Waals surface area contributed by atoms with Crippen molar-refractivity contribution in [3.05, 3.63) is 23.5 Å². The van der Waals surface area contributed by atoms with Gasteiger partial charge in [-0.1, -0.05) is 13.8 Å². The van der Waals surface area contributed by atoms with E-state index in [1.54, 1.807) is 13.0 Å². The van der Waals surface area contributed by atoms with E-state index < -0.39 is 18.4 Å². The van der Waals surface area contributed by atoms with Gasteiger partial charge in [-0.25, -0.2) is 4.98 Å². The zero-order chi connectivity index (χ0) is 13.4. The van der Waals surface area contributed by atoms with Crippen LogP contribution in [-0.4, -0.2) is 33.6 Å². The summed E-state index contributed by atoms with van der Waals surface area (Å²) in [6, 6.07) is 1.54. The third-order valence-electron chi connectivity index (χ3n) is 1.74. The average molecular weight is 240 g/mol. The summed E-state index contributed by atoms with van der Waals surface area (Å²) in [5, 5.41) is 19.9. The first-order chi connectivity index (χ1) is 8.02. The van der Waals surface area contributed by atoms with Crippen LogP contribution in [0.1, 0.15) is 29.9 Å². The summed E-state index contributed by atoms with van der Waals surface area (Å²) in [4.78, 5) is 25.2. The molecule has 0 aliphatic rings. The molecule has 1 amide bonds. The molecule has 0 aliphatic carbocycles. The molecule has 0 bridgehead atoms. The van der Waals surface area contributed by atoms with E-state index >= 15 is 0 Å². The van der Waals surface area contributed by atoms with Crippen LogP contribution >= 0.6 is 0 Å². The van der Waals surface area contributed by atoms with Crippen molar-refractivity contribution in [1.29, 1.82) is 0 Å². The predicted molar refractivity (Wildman–Crippen MR) is 62.0 cm³/mol. The van der Waals surface area contributed by atoms with Crippen LogP contribution in [0.4, 0.5) is 0 Å². The zero-order valence-electron chi connectivity index (χ0n) is 10.0. The summed E-state index contributed by atoms with van der Waals surface area (Å²) >= 11 is 0. The highest BCUT2D eigenvalue weighted by atomic mass is 16.4. The van der Waals surface area contributed by atoms with Gasteiger partial charge < -0.3 is 15.5 Å². The lowest BCUT2D eigenvalue weighted by atomic mass is 10.2. The molecule has 0 fully saturated rings. The maximum atomic E-state index is 11.3. The Balaban J connectivity index is 0.00000121. The second-order valence-electron chi connectivity index (χ2n) is 2.90. The van der Waals surface area contributed by atoms with Gasteiger partial charge in [0.05, 0.1) is 0 Å². The molecular formula is C11H16N2O4. The van der Waals surface area contributed by atoms with E-state index in [1.807, 2.05) is 13.8 Å². The molecule has 1 heterocycles. The van der Waals surface area contributed by atoms with Gasteiger partial charge in [-0.15, -0.1) is 0 Å². The standard InChI is InChI=1S/C9H10N2O4.C2H6/c1-5-2-3-10-7(8(5)14)9(15)11-4-6(12)13;1-2/h2-3,14H,4H2,1H3,(H,11,15)(H,12,13);1-2H3. The zero-order valence-corrected chi connectivity index (χ0v) is 10.0. The van der Waals surface area contributed by atoms with Crippen LogP contribution < -0.4 is 5.32 Å². The van der Waals surface area contributed by atoms with Gasteiger partial charge in [-0.3, -0.25) is 9.59 Å². The maximum absolute atomic E-state index is 11.3. The minimum atomic E-state index is -1.16. The van der Waals surface area contributed by atoms with E-state index in [0.29, 0.717) is 5.56 Å². The number of carbonyl (C=O) groups excluding carboxylic acids is 1. The van der Waals surface area contributed by atoms with Gasteiger partial charge in [-0.05, 0) is 18.6 Å². The first-order valence-corrected chi connectivity index (χ1v) is 5.17. The van der Waals surface area contributed by atoms with E-state index in [4.69, 9.17) is 5.11 Å². The van der Waals surface area contributed by atoms with Gasteiger partial charge in [0.1, 0.15) is 12.3 Å². The molecule has 1 aromatic heterocycles. The van der Waals surface area contributed by atoms with Crippen molar-refractivity contribution in [3.8, 4) is 5.75 Å². The second-order valence-corrected chi connectivity index (χ2v) is 2.90. The molecular weight excluding hydrogens is 224 g/mol. The third kappa shape index (κ3) is 4.50. The van der Waals surface area contributed by atoms with Crippen LogP contribution in [-0.2, 0) is 4.79 Å². The fraction of sp³-hybridized carbons (Fsp3) is 0.364. The summed E-state index contributed by atoms with van der Waals surface area (Å²) in [5.74, 6) is -2.10. The normalized spacial score (nSPS) is 8.88. The van der Waals surface area contributed by atoms with E-state index in [1.165, 1.54) is 6.20 Å². The highest BCUT2D eigenvalue weighted by molar-refractivity contribution is 5.96. The molecule has 0 saturated carbocycles. The predicted octanol–water partition coefficient (Wildman–Crippen LogP) is 0.936. The smallest absolute Gasteiger partial charge is 0.322 e. The average Bonchev–Trinajstić information content (AvgIpc) is 2.32. The van der Waals surface area contributed by atoms with Gasteiger partial charge in [0, 0.05) is 6.20 Å². The van der Waals surface area contributed by atoms with Crippen molar-refractivity contribution in [2.45, 2.75) is 20.8 Å². The quantitative estimate of drug-likeness (QED) is 0.730. The number of aromatic nitrogens is 1. The molecule has 0 aliphatic heterocycles. The molecule has 3 N–H and O–H groups in total. The summed E-state index contributed by atoms with van der Waals surface area (Å²) < 4.78 is 0. The number of aromatic hydroxyl groups is 1. The molecule has 0 saturated heterocycles. The van der Waals surface area contributed by atoms with E-state index in [9.17, 15) is 14.7 Å². The number of nitrogens with zero attached hydrogens (tertiary/aromatic N) is 1. The SMILES string of the molecule is CC.Cc1ccnc(C(=O)NCC(=O)O)c1O.